The number of H-pyrrole nitrogens is 1. The fraction of sp³-hybridized carbons (Fsp3) is 0.0952. The van der Waals surface area contributed by atoms with E-state index in [1.807, 2.05) is 30.5 Å². The van der Waals surface area contributed by atoms with E-state index < -0.39 is 11.6 Å². The maximum atomic E-state index is 13.3. The van der Waals surface area contributed by atoms with E-state index in [9.17, 15) is 13.6 Å². The van der Waals surface area contributed by atoms with Crippen LogP contribution in [0.2, 0.25) is 0 Å². The van der Waals surface area contributed by atoms with Crippen molar-refractivity contribution in [1.29, 1.82) is 0 Å². The topological polar surface area (TPSA) is 82.7 Å². The number of para-hydroxylation sites is 1. The highest BCUT2D eigenvalue weighted by Crippen LogP contribution is 2.19. The van der Waals surface area contributed by atoms with E-state index >= 15 is 0 Å². The molecule has 8 heteroatoms. The van der Waals surface area contributed by atoms with Crippen molar-refractivity contribution >= 4 is 28.3 Å². The molecule has 0 bridgehead atoms. The van der Waals surface area contributed by atoms with Gasteiger partial charge in [-0.2, -0.15) is 0 Å². The lowest BCUT2D eigenvalue weighted by molar-refractivity contribution is 0.0949. The zero-order valence-electron chi connectivity index (χ0n) is 15.2. The summed E-state index contributed by atoms with van der Waals surface area (Å²) in [6, 6.07) is 12.8. The molecule has 6 nitrogen and oxygen atoms in total. The number of nitrogens with one attached hydrogen (secondary N) is 3. The van der Waals surface area contributed by atoms with E-state index in [1.54, 1.807) is 0 Å². The van der Waals surface area contributed by atoms with Crippen LogP contribution < -0.4 is 10.6 Å². The molecule has 146 valence electrons. The molecule has 29 heavy (non-hydrogen) atoms. The first kappa shape index (κ1) is 18.5. The zero-order valence-corrected chi connectivity index (χ0v) is 15.2. The van der Waals surface area contributed by atoms with Crippen LogP contribution in [0.5, 0.6) is 0 Å². The highest BCUT2D eigenvalue weighted by atomic mass is 19.2. The van der Waals surface area contributed by atoms with Crippen LogP contribution in [-0.2, 0) is 6.42 Å². The van der Waals surface area contributed by atoms with Crippen LogP contribution in [0, 0.1) is 11.6 Å². The number of nitrogens with zero attached hydrogens (tertiary/aromatic N) is 2. The van der Waals surface area contributed by atoms with Gasteiger partial charge in [-0.3, -0.25) is 4.79 Å². The standard InChI is InChI=1S/C21H17F2N5O/c22-16-6-5-14(9-17(16)23)28-20-10-19(26-12-27-20)21(29)24-8-7-13-11-25-18-4-2-1-3-15(13)18/h1-6,9-12,25H,7-8H2,(H,24,29)(H,26,27,28). The minimum Gasteiger partial charge on any atom is -0.361 e. The Balaban J connectivity index is 1.38. The largest absolute Gasteiger partial charge is 0.361 e. The molecular weight excluding hydrogens is 376 g/mol. The summed E-state index contributed by atoms with van der Waals surface area (Å²) >= 11 is 0. The highest BCUT2D eigenvalue weighted by Gasteiger charge is 2.10. The Morgan fingerprint density at radius 2 is 1.90 bits per heavy atom. The van der Waals surface area contributed by atoms with Gasteiger partial charge in [0.15, 0.2) is 11.6 Å². The smallest absolute Gasteiger partial charge is 0.270 e. The minimum atomic E-state index is -0.973. The van der Waals surface area contributed by atoms with E-state index in [0.29, 0.717) is 24.5 Å². The van der Waals surface area contributed by atoms with Crippen molar-refractivity contribution in [3.63, 3.8) is 0 Å². The third-order valence-electron chi connectivity index (χ3n) is 4.45. The third-order valence-corrected chi connectivity index (χ3v) is 4.45. The average molecular weight is 393 g/mol. The minimum absolute atomic E-state index is 0.170. The lowest BCUT2D eigenvalue weighted by atomic mass is 10.1. The van der Waals surface area contributed by atoms with E-state index in [1.165, 1.54) is 18.5 Å². The quantitative estimate of drug-likeness (QED) is 0.463. The maximum Gasteiger partial charge on any atom is 0.270 e. The highest BCUT2D eigenvalue weighted by molar-refractivity contribution is 5.93. The molecule has 0 fully saturated rings. The second-order valence-electron chi connectivity index (χ2n) is 6.41. The van der Waals surface area contributed by atoms with Crippen molar-refractivity contribution in [3.8, 4) is 0 Å². The number of carbonyl (C=O) groups is 1. The summed E-state index contributed by atoms with van der Waals surface area (Å²) in [5, 5.41) is 6.78. The van der Waals surface area contributed by atoms with Crippen molar-refractivity contribution in [3.05, 3.63) is 83.9 Å². The van der Waals surface area contributed by atoms with Gasteiger partial charge in [0.05, 0.1) is 0 Å². The van der Waals surface area contributed by atoms with Gasteiger partial charge in [-0.1, -0.05) is 18.2 Å². The number of hydrogen-bond donors (Lipinski definition) is 3. The molecule has 2 heterocycles. The van der Waals surface area contributed by atoms with Gasteiger partial charge in [0.1, 0.15) is 17.8 Å². The van der Waals surface area contributed by atoms with Crippen LogP contribution in [0.3, 0.4) is 0 Å². The summed E-state index contributed by atoms with van der Waals surface area (Å²) in [7, 11) is 0. The first-order valence-electron chi connectivity index (χ1n) is 8.97. The van der Waals surface area contributed by atoms with Gasteiger partial charge in [0, 0.05) is 41.5 Å². The molecule has 4 rings (SSSR count). The van der Waals surface area contributed by atoms with Crippen molar-refractivity contribution in [2.24, 2.45) is 0 Å². The molecule has 0 saturated heterocycles. The number of halogens is 2. The SMILES string of the molecule is O=C(NCCc1c[nH]c2ccccc12)c1cc(Nc2ccc(F)c(F)c2)ncn1. The monoisotopic (exact) mass is 393 g/mol. The van der Waals surface area contributed by atoms with Gasteiger partial charge in [0.2, 0.25) is 0 Å². The molecule has 0 aliphatic carbocycles. The zero-order chi connectivity index (χ0) is 20.2. The number of benzene rings is 2. The molecule has 1 amide bonds. The van der Waals surface area contributed by atoms with E-state index in [0.717, 1.165) is 28.6 Å². The predicted molar refractivity (Wildman–Crippen MR) is 106 cm³/mol. The van der Waals surface area contributed by atoms with Crippen molar-refractivity contribution in [1.82, 2.24) is 20.3 Å². The molecule has 0 unspecified atom stereocenters. The van der Waals surface area contributed by atoms with Crippen LogP contribution in [0.4, 0.5) is 20.3 Å². The molecule has 0 saturated carbocycles. The fourth-order valence-electron chi connectivity index (χ4n) is 3.01. The van der Waals surface area contributed by atoms with Crippen molar-refractivity contribution < 1.29 is 13.6 Å². The molecule has 0 radical (unpaired) electrons. The van der Waals surface area contributed by atoms with Gasteiger partial charge < -0.3 is 15.6 Å². The van der Waals surface area contributed by atoms with Crippen LogP contribution in [0.1, 0.15) is 16.1 Å². The summed E-state index contributed by atoms with van der Waals surface area (Å²) in [6.07, 6.45) is 3.84. The Labute approximate surface area is 165 Å². The number of hydrogen-bond acceptors (Lipinski definition) is 4. The number of anilines is 2. The van der Waals surface area contributed by atoms with E-state index in [4.69, 9.17) is 0 Å². The van der Waals surface area contributed by atoms with Crippen LogP contribution in [0.15, 0.2) is 61.1 Å². The van der Waals surface area contributed by atoms with Crippen LogP contribution in [0.25, 0.3) is 10.9 Å². The molecular formula is C21H17F2N5O. The molecule has 0 spiro atoms. The fourth-order valence-corrected chi connectivity index (χ4v) is 3.01. The molecule has 0 aliphatic heterocycles. The normalized spacial score (nSPS) is 10.8. The Bertz CT molecular complexity index is 1170. The molecule has 2 aromatic carbocycles. The Morgan fingerprint density at radius 3 is 2.76 bits per heavy atom. The van der Waals surface area contributed by atoms with Gasteiger partial charge in [-0.25, -0.2) is 18.7 Å². The molecule has 0 atom stereocenters. The average Bonchev–Trinajstić information content (AvgIpc) is 3.14. The number of rotatable bonds is 6. The van der Waals surface area contributed by atoms with E-state index in [2.05, 4.69) is 25.6 Å². The third kappa shape index (κ3) is 4.21. The number of amides is 1. The summed E-state index contributed by atoms with van der Waals surface area (Å²) < 4.78 is 26.4. The number of aromatic nitrogens is 3. The summed E-state index contributed by atoms with van der Waals surface area (Å²) in [5.41, 5.74) is 2.65. The Morgan fingerprint density at radius 1 is 1.03 bits per heavy atom. The second kappa shape index (κ2) is 8.05. The predicted octanol–water partition coefficient (Wildman–Crippen LogP) is 3.95. The lowest BCUT2D eigenvalue weighted by Gasteiger charge is -2.08. The first-order chi connectivity index (χ1) is 14.1. The van der Waals surface area contributed by atoms with Crippen molar-refractivity contribution in [2.45, 2.75) is 6.42 Å². The maximum absolute atomic E-state index is 13.3. The van der Waals surface area contributed by atoms with Gasteiger partial charge in [0.25, 0.3) is 5.91 Å². The van der Waals surface area contributed by atoms with Gasteiger partial charge >= 0.3 is 0 Å². The second-order valence-corrected chi connectivity index (χ2v) is 6.41. The summed E-state index contributed by atoms with van der Waals surface area (Å²) in [5.74, 6) is -1.96. The van der Waals surface area contributed by atoms with Crippen LogP contribution >= 0.6 is 0 Å². The molecule has 4 aromatic rings. The van der Waals surface area contributed by atoms with Crippen LogP contribution in [-0.4, -0.2) is 27.4 Å². The number of fused-ring (bicyclic) bond motifs is 1. The number of carbonyl (C=O) groups excluding carboxylic acids is 1. The van der Waals surface area contributed by atoms with Crippen molar-refractivity contribution in [2.75, 3.05) is 11.9 Å². The molecule has 3 N–H and O–H groups in total. The first-order valence-corrected chi connectivity index (χ1v) is 8.97. The summed E-state index contributed by atoms with van der Waals surface area (Å²) in [6.45, 7) is 0.441. The Kier molecular flexibility index (Phi) is 5.15. The lowest BCUT2D eigenvalue weighted by Crippen LogP contribution is -2.26. The molecule has 2 aromatic heterocycles. The van der Waals surface area contributed by atoms with Gasteiger partial charge in [-0.05, 0) is 30.2 Å². The Hall–Kier alpha value is -3.81. The van der Waals surface area contributed by atoms with E-state index in [-0.39, 0.29) is 11.6 Å². The molecule has 0 aliphatic rings. The van der Waals surface area contributed by atoms with Gasteiger partial charge in [-0.15, -0.1) is 0 Å². The number of aromatic amines is 1. The summed E-state index contributed by atoms with van der Waals surface area (Å²) in [4.78, 5) is 23.6.